The number of allylic oxidation sites excluding steroid dienone is 1. The minimum Gasteiger partial charge on any atom is -0.486 e. The first-order valence-electron chi connectivity index (χ1n) is 8.20. The van der Waals surface area contributed by atoms with Crippen molar-refractivity contribution in [3.8, 4) is 11.8 Å². The van der Waals surface area contributed by atoms with Gasteiger partial charge >= 0.3 is 0 Å². The van der Waals surface area contributed by atoms with E-state index in [0.29, 0.717) is 26.9 Å². The fourth-order valence-electron chi connectivity index (χ4n) is 2.51. The van der Waals surface area contributed by atoms with Crippen LogP contribution in [0.4, 0.5) is 4.39 Å². The Balaban J connectivity index is 1.83. The minimum atomic E-state index is -0.310. The molecule has 2 nitrogen and oxygen atoms in total. The molecule has 0 fully saturated rings. The minimum absolute atomic E-state index is 0.206. The second-order valence-electron chi connectivity index (χ2n) is 5.91. The van der Waals surface area contributed by atoms with Crippen LogP contribution in [0.15, 0.2) is 65.1 Å². The topological polar surface area (TPSA) is 33.0 Å². The van der Waals surface area contributed by atoms with Gasteiger partial charge in [-0.3, -0.25) is 0 Å². The molecule has 28 heavy (non-hydrogen) atoms. The molecule has 0 unspecified atom stereocenters. The van der Waals surface area contributed by atoms with E-state index in [4.69, 9.17) is 27.9 Å². The highest BCUT2D eigenvalue weighted by Crippen LogP contribution is 2.36. The molecule has 0 amide bonds. The first kappa shape index (κ1) is 20.4. The Hall–Kier alpha value is -2.32. The average molecular weight is 477 g/mol. The van der Waals surface area contributed by atoms with E-state index >= 15 is 0 Å². The van der Waals surface area contributed by atoms with Gasteiger partial charge in [-0.05, 0) is 59.2 Å². The summed E-state index contributed by atoms with van der Waals surface area (Å²) in [5.74, 6) is 0.0296. The van der Waals surface area contributed by atoms with Crippen molar-refractivity contribution in [2.45, 2.75) is 6.61 Å². The maximum Gasteiger partial charge on any atom is 0.157 e. The smallest absolute Gasteiger partial charge is 0.157 e. The van der Waals surface area contributed by atoms with Gasteiger partial charge in [-0.1, -0.05) is 63.4 Å². The van der Waals surface area contributed by atoms with E-state index in [9.17, 15) is 9.65 Å². The number of nitrogens with zero attached hydrogens (tertiary/aromatic N) is 1. The molecule has 3 aromatic carbocycles. The Morgan fingerprint density at radius 1 is 1.04 bits per heavy atom. The largest absolute Gasteiger partial charge is 0.486 e. The highest BCUT2D eigenvalue weighted by atomic mass is 79.9. The van der Waals surface area contributed by atoms with Crippen LogP contribution in [0.1, 0.15) is 16.7 Å². The first-order chi connectivity index (χ1) is 13.5. The quantitative estimate of drug-likeness (QED) is 0.281. The average Bonchev–Trinajstić information content (AvgIpc) is 2.67. The van der Waals surface area contributed by atoms with E-state index in [1.54, 1.807) is 30.3 Å². The number of halogens is 4. The zero-order valence-electron chi connectivity index (χ0n) is 14.4. The summed E-state index contributed by atoms with van der Waals surface area (Å²) in [4.78, 5) is 0. The number of hydrogen-bond acceptors (Lipinski definition) is 2. The third kappa shape index (κ3) is 5.14. The molecule has 0 aliphatic heterocycles. The molecule has 0 saturated heterocycles. The highest BCUT2D eigenvalue weighted by Gasteiger charge is 2.11. The Bertz CT molecular complexity index is 1030. The van der Waals surface area contributed by atoms with Crippen molar-refractivity contribution in [1.29, 1.82) is 5.26 Å². The van der Waals surface area contributed by atoms with Crippen molar-refractivity contribution in [1.82, 2.24) is 0 Å². The summed E-state index contributed by atoms with van der Waals surface area (Å²) in [6.45, 7) is 0.206. The van der Waals surface area contributed by atoms with Crippen LogP contribution in [0.25, 0.3) is 11.6 Å². The van der Waals surface area contributed by atoms with E-state index in [-0.39, 0.29) is 12.4 Å². The number of nitriles is 1. The van der Waals surface area contributed by atoms with Crippen molar-refractivity contribution in [2.75, 3.05) is 0 Å². The lowest BCUT2D eigenvalue weighted by Crippen LogP contribution is -1.97. The van der Waals surface area contributed by atoms with Gasteiger partial charge in [0.25, 0.3) is 0 Å². The molecule has 0 atom stereocenters. The monoisotopic (exact) mass is 475 g/mol. The van der Waals surface area contributed by atoms with Crippen LogP contribution in [-0.4, -0.2) is 0 Å². The van der Waals surface area contributed by atoms with Gasteiger partial charge in [0.1, 0.15) is 12.4 Å². The highest BCUT2D eigenvalue weighted by molar-refractivity contribution is 9.10. The number of benzene rings is 3. The molecule has 0 saturated carbocycles. The molecule has 6 heteroatoms. The van der Waals surface area contributed by atoms with Crippen molar-refractivity contribution in [2.24, 2.45) is 0 Å². The fraction of sp³-hybridized carbons (Fsp3) is 0.0455. The first-order valence-corrected chi connectivity index (χ1v) is 9.75. The van der Waals surface area contributed by atoms with Crippen molar-refractivity contribution < 1.29 is 9.13 Å². The predicted octanol–water partition coefficient (Wildman–Crippen LogP) is 7.54. The maximum absolute atomic E-state index is 13.0. The van der Waals surface area contributed by atoms with Crippen LogP contribution in [0, 0.1) is 17.1 Å². The molecular weight excluding hydrogens is 464 g/mol. The Labute approximate surface area is 180 Å². The van der Waals surface area contributed by atoms with Crippen LogP contribution >= 0.6 is 39.1 Å². The van der Waals surface area contributed by atoms with Gasteiger partial charge in [0, 0.05) is 4.47 Å². The molecule has 0 radical (unpaired) electrons. The van der Waals surface area contributed by atoms with E-state index in [1.807, 2.05) is 24.3 Å². The Morgan fingerprint density at radius 2 is 1.64 bits per heavy atom. The van der Waals surface area contributed by atoms with Gasteiger partial charge in [0.2, 0.25) is 0 Å². The summed E-state index contributed by atoms with van der Waals surface area (Å²) in [6, 6.07) is 19.0. The summed E-state index contributed by atoms with van der Waals surface area (Å²) in [7, 11) is 0. The summed E-state index contributed by atoms with van der Waals surface area (Å²) < 4.78 is 19.6. The lowest BCUT2D eigenvalue weighted by Gasteiger charge is -2.11. The van der Waals surface area contributed by atoms with Crippen LogP contribution in [-0.2, 0) is 6.61 Å². The molecule has 0 spiro atoms. The van der Waals surface area contributed by atoms with Crippen molar-refractivity contribution in [3.63, 3.8) is 0 Å². The second-order valence-corrected chi connectivity index (χ2v) is 7.64. The number of rotatable bonds is 5. The predicted molar refractivity (Wildman–Crippen MR) is 115 cm³/mol. The second kappa shape index (κ2) is 9.25. The lowest BCUT2D eigenvalue weighted by molar-refractivity contribution is 0.306. The molecule has 0 aliphatic carbocycles. The summed E-state index contributed by atoms with van der Waals surface area (Å²) in [5.41, 5.74) is 2.75. The molecule has 3 aromatic rings. The molecule has 0 N–H and O–H groups in total. The van der Waals surface area contributed by atoms with Gasteiger partial charge in [-0.15, -0.1) is 0 Å². The third-order valence-corrected chi connectivity index (χ3v) is 4.99. The number of ether oxygens (including phenoxy) is 1. The molecule has 140 valence electrons. The van der Waals surface area contributed by atoms with Crippen LogP contribution in [0.2, 0.25) is 10.0 Å². The summed E-state index contributed by atoms with van der Waals surface area (Å²) in [5, 5.41) is 10.1. The van der Waals surface area contributed by atoms with Crippen LogP contribution in [0.5, 0.6) is 5.75 Å². The van der Waals surface area contributed by atoms with Crippen molar-refractivity contribution in [3.05, 3.63) is 97.7 Å². The molecule has 3 rings (SSSR count). The van der Waals surface area contributed by atoms with E-state index in [0.717, 1.165) is 15.6 Å². The molecule has 0 bridgehead atoms. The van der Waals surface area contributed by atoms with E-state index in [2.05, 4.69) is 22.0 Å². The van der Waals surface area contributed by atoms with Gasteiger partial charge < -0.3 is 4.74 Å². The van der Waals surface area contributed by atoms with Crippen LogP contribution in [0.3, 0.4) is 0 Å². The van der Waals surface area contributed by atoms with E-state index in [1.165, 1.54) is 12.1 Å². The van der Waals surface area contributed by atoms with Gasteiger partial charge in [-0.25, -0.2) is 4.39 Å². The Kier molecular flexibility index (Phi) is 6.74. The molecular formula is C22H13BrCl2FNO. The standard InChI is InChI=1S/C22H13BrCl2FNO/c23-18-5-3-16(4-6-18)17(12-27)9-15-10-20(24)22(21(25)11-15)28-13-14-1-7-19(26)8-2-14/h1-11H,13H2/b17-9+. The van der Waals surface area contributed by atoms with Gasteiger partial charge in [0.15, 0.2) is 5.75 Å². The Morgan fingerprint density at radius 3 is 2.21 bits per heavy atom. The normalized spacial score (nSPS) is 11.2. The van der Waals surface area contributed by atoms with Gasteiger partial charge in [0.05, 0.1) is 21.7 Å². The molecule has 0 aromatic heterocycles. The third-order valence-electron chi connectivity index (χ3n) is 3.90. The SMILES string of the molecule is N#C/C(=C\c1cc(Cl)c(OCc2ccc(F)cc2)c(Cl)c1)c1ccc(Br)cc1. The fourth-order valence-corrected chi connectivity index (χ4v) is 3.39. The zero-order chi connectivity index (χ0) is 20.1. The lowest BCUT2D eigenvalue weighted by atomic mass is 10.0. The van der Waals surface area contributed by atoms with E-state index < -0.39 is 0 Å². The van der Waals surface area contributed by atoms with Crippen LogP contribution < -0.4 is 4.74 Å². The van der Waals surface area contributed by atoms with Gasteiger partial charge in [-0.2, -0.15) is 5.26 Å². The molecule has 0 heterocycles. The zero-order valence-corrected chi connectivity index (χ0v) is 17.5. The number of hydrogen-bond donors (Lipinski definition) is 0. The summed E-state index contributed by atoms with van der Waals surface area (Å²) >= 11 is 16.0. The maximum atomic E-state index is 13.0. The van der Waals surface area contributed by atoms with Crippen molar-refractivity contribution >= 4 is 50.8 Å². The summed E-state index contributed by atoms with van der Waals surface area (Å²) in [6.07, 6.45) is 1.71. The molecule has 0 aliphatic rings.